The van der Waals surface area contributed by atoms with Crippen LogP contribution in [-0.4, -0.2) is 21.9 Å². The molecule has 0 atom stereocenters. The Kier molecular flexibility index (Phi) is 6.04. The highest BCUT2D eigenvalue weighted by Gasteiger charge is 2.13. The molecule has 0 unspecified atom stereocenters. The topological polar surface area (TPSA) is 66.9 Å². The Balaban J connectivity index is 1.84. The van der Waals surface area contributed by atoms with Crippen molar-refractivity contribution in [3.8, 4) is 11.4 Å². The molecule has 3 rings (SSSR count). The number of rotatable bonds is 6. The number of nitrogens with zero attached hydrogens (tertiary/aromatic N) is 2. The molecule has 0 saturated carbocycles. The van der Waals surface area contributed by atoms with Gasteiger partial charge in [0.25, 0.3) is 5.91 Å². The first-order valence-corrected chi connectivity index (χ1v) is 9.13. The summed E-state index contributed by atoms with van der Waals surface area (Å²) in [5.74, 6) is 0.879. The second-order valence-electron chi connectivity index (χ2n) is 6.44. The molecule has 0 saturated heterocycles. The Labute approximate surface area is 163 Å². The summed E-state index contributed by atoms with van der Waals surface area (Å²) in [7, 11) is 0. The van der Waals surface area contributed by atoms with E-state index in [9.17, 15) is 4.79 Å². The van der Waals surface area contributed by atoms with E-state index in [-0.39, 0.29) is 11.9 Å². The molecule has 1 heterocycles. The van der Waals surface area contributed by atoms with Crippen LogP contribution >= 0.6 is 11.6 Å². The van der Waals surface area contributed by atoms with Crippen LogP contribution in [0.25, 0.3) is 11.4 Å². The summed E-state index contributed by atoms with van der Waals surface area (Å²) in [5, 5.41) is 6.80. The van der Waals surface area contributed by atoms with Crippen molar-refractivity contribution in [2.45, 2.75) is 26.4 Å². The van der Waals surface area contributed by atoms with Crippen molar-refractivity contribution in [1.29, 1.82) is 0 Å². The van der Waals surface area contributed by atoms with Gasteiger partial charge in [0.1, 0.15) is 11.5 Å². The van der Waals surface area contributed by atoms with E-state index in [1.807, 2.05) is 56.3 Å². The molecule has 5 nitrogen and oxygen atoms in total. The third kappa shape index (κ3) is 5.28. The lowest BCUT2D eigenvalue weighted by atomic mass is 10.2. The number of anilines is 1. The van der Waals surface area contributed by atoms with Gasteiger partial charge >= 0.3 is 0 Å². The fraction of sp³-hybridized carbons (Fsp3) is 0.190. The normalized spacial score (nSPS) is 10.7. The number of aromatic nitrogens is 2. The maximum atomic E-state index is 12.7. The average molecular weight is 381 g/mol. The summed E-state index contributed by atoms with van der Waals surface area (Å²) in [6, 6.07) is 18.8. The predicted molar refractivity (Wildman–Crippen MR) is 109 cm³/mol. The maximum Gasteiger partial charge on any atom is 0.270 e. The van der Waals surface area contributed by atoms with Crippen LogP contribution in [0.5, 0.6) is 0 Å². The third-order valence-electron chi connectivity index (χ3n) is 3.79. The number of nitrogens with one attached hydrogen (secondary N) is 2. The molecule has 0 spiro atoms. The quantitative estimate of drug-likeness (QED) is 0.658. The van der Waals surface area contributed by atoms with E-state index in [0.29, 0.717) is 28.9 Å². The van der Waals surface area contributed by atoms with Crippen molar-refractivity contribution in [2.75, 3.05) is 5.32 Å². The highest BCUT2D eigenvalue weighted by atomic mass is 35.5. The zero-order chi connectivity index (χ0) is 19.2. The van der Waals surface area contributed by atoms with Gasteiger partial charge in [-0.05, 0) is 31.5 Å². The average Bonchev–Trinajstić information content (AvgIpc) is 2.67. The van der Waals surface area contributed by atoms with E-state index >= 15 is 0 Å². The molecule has 0 aliphatic carbocycles. The summed E-state index contributed by atoms with van der Waals surface area (Å²) in [6.07, 6.45) is 0. The summed E-state index contributed by atoms with van der Waals surface area (Å²) >= 11 is 5.89. The number of halogens is 1. The number of hydrogen-bond acceptors (Lipinski definition) is 4. The molecule has 2 aromatic carbocycles. The monoisotopic (exact) mass is 380 g/mol. The molecule has 6 heteroatoms. The Bertz CT molecular complexity index is 911. The zero-order valence-electron chi connectivity index (χ0n) is 15.2. The molecule has 2 N–H and O–H groups in total. The number of carbonyl (C=O) groups excluding carboxylic acids is 1. The summed E-state index contributed by atoms with van der Waals surface area (Å²) in [6.45, 7) is 4.43. The summed E-state index contributed by atoms with van der Waals surface area (Å²) < 4.78 is 0. The minimum Gasteiger partial charge on any atom is -0.368 e. The van der Waals surface area contributed by atoms with E-state index < -0.39 is 0 Å². The Morgan fingerprint density at radius 3 is 2.41 bits per heavy atom. The van der Waals surface area contributed by atoms with Gasteiger partial charge in [-0.15, -0.1) is 0 Å². The van der Waals surface area contributed by atoms with Crippen molar-refractivity contribution >= 4 is 23.3 Å². The van der Waals surface area contributed by atoms with Crippen LogP contribution in [-0.2, 0) is 6.54 Å². The van der Waals surface area contributed by atoms with Crippen molar-refractivity contribution < 1.29 is 4.79 Å². The first-order valence-electron chi connectivity index (χ1n) is 8.75. The summed E-state index contributed by atoms with van der Waals surface area (Å²) in [5.41, 5.74) is 2.14. The Hall–Kier alpha value is -2.92. The van der Waals surface area contributed by atoms with Crippen LogP contribution in [0.4, 0.5) is 5.82 Å². The molecule has 1 aromatic heterocycles. The van der Waals surface area contributed by atoms with E-state index in [2.05, 4.69) is 20.6 Å². The maximum absolute atomic E-state index is 12.7. The van der Waals surface area contributed by atoms with Crippen LogP contribution in [0.1, 0.15) is 29.9 Å². The van der Waals surface area contributed by atoms with Crippen molar-refractivity contribution in [2.24, 2.45) is 0 Å². The number of carbonyl (C=O) groups is 1. The minimum absolute atomic E-state index is 0.188. The molecule has 138 valence electrons. The number of amides is 1. The van der Waals surface area contributed by atoms with Gasteiger partial charge in [0.05, 0.1) is 0 Å². The molecule has 0 radical (unpaired) electrons. The van der Waals surface area contributed by atoms with E-state index in [1.54, 1.807) is 18.2 Å². The number of benzene rings is 2. The van der Waals surface area contributed by atoms with Gasteiger partial charge in [0, 0.05) is 29.2 Å². The van der Waals surface area contributed by atoms with E-state index in [0.717, 1.165) is 11.1 Å². The van der Waals surface area contributed by atoms with Crippen molar-refractivity contribution in [1.82, 2.24) is 15.3 Å². The molecule has 1 amide bonds. The molecule has 0 bridgehead atoms. The molecule has 0 aliphatic heterocycles. The van der Waals surface area contributed by atoms with Gasteiger partial charge in [-0.3, -0.25) is 4.79 Å². The first kappa shape index (κ1) is 18.9. The lowest BCUT2D eigenvalue weighted by Crippen LogP contribution is -2.24. The van der Waals surface area contributed by atoms with E-state index in [1.165, 1.54) is 0 Å². The molecule has 0 fully saturated rings. The van der Waals surface area contributed by atoms with Crippen molar-refractivity contribution in [3.63, 3.8) is 0 Å². The summed E-state index contributed by atoms with van der Waals surface area (Å²) in [4.78, 5) is 21.6. The van der Waals surface area contributed by atoms with Gasteiger partial charge < -0.3 is 10.6 Å². The van der Waals surface area contributed by atoms with Gasteiger partial charge in [-0.25, -0.2) is 9.97 Å². The van der Waals surface area contributed by atoms with Crippen molar-refractivity contribution in [3.05, 3.63) is 76.9 Å². The molecular weight excluding hydrogens is 360 g/mol. The molecule has 0 aliphatic rings. The Morgan fingerprint density at radius 1 is 1.04 bits per heavy atom. The molecule has 27 heavy (non-hydrogen) atoms. The smallest absolute Gasteiger partial charge is 0.270 e. The van der Waals surface area contributed by atoms with Gasteiger partial charge in [0.2, 0.25) is 0 Å². The van der Waals surface area contributed by atoms with Gasteiger partial charge in [-0.2, -0.15) is 0 Å². The first-order chi connectivity index (χ1) is 13.0. The highest BCUT2D eigenvalue weighted by molar-refractivity contribution is 6.30. The third-order valence-corrected chi connectivity index (χ3v) is 4.05. The molecule has 3 aromatic rings. The largest absolute Gasteiger partial charge is 0.368 e. The fourth-order valence-corrected chi connectivity index (χ4v) is 2.65. The SMILES string of the molecule is CC(C)Nc1cc(C(=O)NCc2ccc(Cl)cc2)nc(-c2ccccc2)n1. The zero-order valence-corrected chi connectivity index (χ0v) is 16.0. The van der Waals surface area contributed by atoms with Crippen LogP contribution in [0.15, 0.2) is 60.7 Å². The number of hydrogen-bond donors (Lipinski definition) is 2. The Morgan fingerprint density at radius 2 is 1.74 bits per heavy atom. The van der Waals surface area contributed by atoms with Crippen LogP contribution < -0.4 is 10.6 Å². The fourth-order valence-electron chi connectivity index (χ4n) is 2.52. The second-order valence-corrected chi connectivity index (χ2v) is 6.87. The standard InChI is InChI=1S/C21H21ClN4O/c1-14(2)24-19-12-18(25-20(26-19)16-6-4-3-5-7-16)21(27)23-13-15-8-10-17(22)11-9-15/h3-12,14H,13H2,1-2H3,(H,23,27)(H,24,25,26). The predicted octanol–water partition coefficient (Wildman–Crippen LogP) is 4.55. The molecular formula is C21H21ClN4O. The minimum atomic E-state index is -0.253. The lowest BCUT2D eigenvalue weighted by molar-refractivity contribution is 0.0946. The van der Waals surface area contributed by atoms with Crippen LogP contribution in [0.3, 0.4) is 0 Å². The van der Waals surface area contributed by atoms with E-state index in [4.69, 9.17) is 11.6 Å². The van der Waals surface area contributed by atoms with Crippen LogP contribution in [0, 0.1) is 0 Å². The van der Waals surface area contributed by atoms with Crippen LogP contribution in [0.2, 0.25) is 5.02 Å². The lowest BCUT2D eigenvalue weighted by Gasteiger charge is -2.12. The highest BCUT2D eigenvalue weighted by Crippen LogP contribution is 2.18. The van der Waals surface area contributed by atoms with Gasteiger partial charge in [0.15, 0.2) is 5.82 Å². The van der Waals surface area contributed by atoms with Gasteiger partial charge in [-0.1, -0.05) is 54.1 Å². The second kappa shape index (κ2) is 8.64.